The lowest BCUT2D eigenvalue weighted by molar-refractivity contribution is 0.0949. The summed E-state index contributed by atoms with van der Waals surface area (Å²) in [5, 5.41) is 11.8. The third-order valence-electron chi connectivity index (χ3n) is 2.78. The minimum Gasteiger partial charge on any atom is -0.377 e. The summed E-state index contributed by atoms with van der Waals surface area (Å²) >= 11 is 0. The maximum atomic E-state index is 6.20. The fourth-order valence-corrected chi connectivity index (χ4v) is 1.72. The Hall–Kier alpha value is -1.01. The van der Waals surface area contributed by atoms with Crippen molar-refractivity contribution in [1.29, 1.82) is 0 Å². The second-order valence-corrected chi connectivity index (χ2v) is 3.87. The van der Waals surface area contributed by atoms with Gasteiger partial charge in [-0.15, -0.1) is 10.2 Å². The third kappa shape index (κ3) is 1.62. The second kappa shape index (κ2) is 3.29. The zero-order valence-electron chi connectivity index (χ0n) is 8.47. The molecule has 1 saturated heterocycles. The lowest BCUT2D eigenvalue weighted by Crippen LogP contribution is -2.48. The van der Waals surface area contributed by atoms with E-state index in [0.717, 1.165) is 13.0 Å². The van der Waals surface area contributed by atoms with Crippen LogP contribution in [0.15, 0.2) is 0 Å². The molecule has 0 bridgehead atoms. The highest BCUT2D eigenvalue weighted by Gasteiger charge is 2.38. The summed E-state index contributed by atoms with van der Waals surface area (Å²) in [6, 6.07) is 0. The molecule has 0 spiro atoms. The largest absolute Gasteiger partial charge is 0.377 e. The second-order valence-electron chi connectivity index (χ2n) is 3.87. The Kier molecular flexibility index (Phi) is 2.24. The van der Waals surface area contributed by atoms with Gasteiger partial charge in [-0.3, -0.25) is 0 Å². The molecule has 1 aromatic rings. The van der Waals surface area contributed by atoms with Gasteiger partial charge in [-0.25, -0.2) is 0 Å². The molecule has 14 heavy (non-hydrogen) atoms. The van der Waals surface area contributed by atoms with Crippen LogP contribution < -0.4 is 5.73 Å². The van der Waals surface area contributed by atoms with Gasteiger partial charge in [0.25, 0.3) is 0 Å². The van der Waals surface area contributed by atoms with Crippen LogP contribution in [0, 0.1) is 0 Å². The maximum Gasteiger partial charge on any atom is 0.176 e. The normalized spacial score (nSPS) is 32.4. The maximum absolute atomic E-state index is 6.20. The lowest BCUT2D eigenvalue weighted by Gasteiger charge is -2.25. The molecule has 0 saturated carbocycles. The molecular weight excluding hydrogens is 182 g/mol. The minimum atomic E-state index is -0.330. The molecule has 1 fully saturated rings. The van der Waals surface area contributed by atoms with Crippen LogP contribution in [0.25, 0.3) is 0 Å². The lowest BCUT2D eigenvalue weighted by atomic mass is 9.89. The number of rotatable bonds is 2. The van der Waals surface area contributed by atoms with Crippen LogP contribution in [0.2, 0.25) is 0 Å². The van der Waals surface area contributed by atoms with Gasteiger partial charge in [0.1, 0.15) is 0 Å². The first-order valence-corrected chi connectivity index (χ1v) is 4.73. The molecule has 0 aromatic carbocycles. The summed E-state index contributed by atoms with van der Waals surface area (Å²) in [6.07, 6.45) is 1.54. The predicted molar refractivity (Wildman–Crippen MR) is 49.5 cm³/mol. The molecule has 2 rings (SSSR count). The summed E-state index contributed by atoms with van der Waals surface area (Å²) in [5.41, 5.74) is 5.87. The van der Waals surface area contributed by atoms with Crippen molar-refractivity contribution in [3.05, 3.63) is 5.82 Å². The Morgan fingerprint density at radius 3 is 3.00 bits per heavy atom. The summed E-state index contributed by atoms with van der Waals surface area (Å²) < 4.78 is 5.44. The zero-order valence-corrected chi connectivity index (χ0v) is 8.47. The smallest absolute Gasteiger partial charge is 0.176 e. The Morgan fingerprint density at radius 2 is 2.50 bits per heavy atom. The van der Waals surface area contributed by atoms with Crippen molar-refractivity contribution in [2.45, 2.75) is 31.4 Å². The van der Waals surface area contributed by atoms with E-state index in [4.69, 9.17) is 10.5 Å². The molecule has 78 valence electrons. The van der Waals surface area contributed by atoms with Gasteiger partial charge in [0, 0.05) is 13.0 Å². The first-order valence-electron chi connectivity index (χ1n) is 4.73. The van der Waals surface area contributed by atoms with Crippen molar-refractivity contribution in [3.63, 3.8) is 0 Å². The van der Waals surface area contributed by atoms with E-state index in [2.05, 4.69) is 15.4 Å². The Morgan fingerprint density at radius 1 is 1.71 bits per heavy atom. The number of aromatic nitrogens is 4. The molecule has 1 aromatic heterocycles. The zero-order chi connectivity index (χ0) is 10.2. The first kappa shape index (κ1) is 9.54. The van der Waals surface area contributed by atoms with Crippen LogP contribution >= 0.6 is 0 Å². The van der Waals surface area contributed by atoms with Gasteiger partial charge in [-0.1, -0.05) is 0 Å². The fourth-order valence-electron chi connectivity index (χ4n) is 1.72. The van der Waals surface area contributed by atoms with Crippen molar-refractivity contribution < 1.29 is 4.74 Å². The summed E-state index contributed by atoms with van der Waals surface area (Å²) in [6.45, 7) is 2.71. The van der Waals surface area contributed by atoms with Crippen LogP contribution in [0.3, 0.4) is 0 Å². The number of hydrogen-bond donors (Lipinski definition) is 1. The number of hydrogen-bond acceptors (Lipinski definition) is 5. The van der Waals surface area contributed by atoms with Gasteiger partial charge in [0.05, 0.1) is 18.7 Å². The van der Waals surface area contributed by atoms with E-state index in [1.165, 1.54) is 4.80 Å². The van der Waals surface area contributed by atoms with Crippen molar-refractivity contribution in [2.75, 3.05) is 6.61 Å². The Balaban J connectivity index is 2.10. The van der Waals surface area contributed by atoms with E-state index in [9.17, 15) is 0 Å². The van der Waals surface area contributed by atoms with E-state index < -0.39 is 0 Å². The van der Waals surface area contributed by atoms with Crippen LogP contribution in [0.5, 0.6) is 0 Å². The SMILES string of the molecule is CC1OCCC1(N)Cc1nnn(C)n1. The fraction of sp³-hybridized carbons (Fsp3) is 0.875. The highest BCUT2D eigenvalue weighted by molar-refractivity contribution is 5.01. The molecule has 0 aliphatic carbocycles. The Bertz CT molecular complexity index is 325. The highest BCUT2D eigenvalue weighted by Crippen LogP contribution is 2.25. The number of aryl methyl sites for hydroxylation is 1. The average molecular weight is 197 g/mol. The van der Waals surface area contributed by atoms with Crippen LogP contribution in [-0.2, 0) is 18.2 Å². The number of ether oxygens (including phenoxy) is 1. The molecular formula is C8H15N5O. The van der Waals surface area contributed by atoms with Gasteiger partial charge in [0.15, 0.2) is 5.82 Å². The van der Waals surface area contributed by atoms with Gasteiger partial charge >= 0.3 is 0 Å². The quantitative estimate of drug-likeness (QED) is 0.675. The number of nitrogens with two attached hydrogens (primary N) is 1. The van der Waals surface area contributed by atoms with Gasteiger partial charge < -0.3 is 10.5 Å². The average Bonchev–Trinajstić information content (AvgIpc) is 2.62. The minimum absolute atomic E-state index is 0.0614. The van der Waals surface area contributed by atoms with Gasteiger partial charge in [-0.2, -0.15) is 4.80 Å². The third-order valence-corrected chi connectivity index (χ3v) is 2.78. The predicted octanol–water partition coefficient (Wildman–Crippen LogP) is -0.741. The molecule has 0 amide bonds. The summed E-state index contributed by atoms with van der Waals surface area (Å²) in [4.78, 5) is 1.44. The van der Waals surface area contributed by atoms with Gasteiger partial charge in [0.2, 0.25) is 0 Å². The van der Waals surface area contributed by atoms with E-state index in [1.54, 1.807) is 7.05 Å². The monoisotopic (exact) mass is 197 g/mol. The van der Waals surface area contributed by atoms with Crippen LogP contribution in [-0.4, -0.2) is 38.5 Å². The highest BCUT2D eigenvalue weighted by atomic mass is 16.5. The molecule has 6 nitrogen and oxygen atoms in total. The van der Waals surface area contributed by atoms with Crippen molar-refractivity contribution in [3.8, 4) is 0 Å². The molecule has 2 heterocycles. The van der Waals surface area contributed by atoms with Gasteiger partial charge in [-0.05, 0) is 18.6 Å². The molecule has 2 N–H and O–H groups in total. The number of nitrogens with zero attached hydrogens (tertiary/aromatic N) is 4. The van der Waals surface area contributed by atoms with E-state index in [-0.39, 0.29) is 11.6 Å². The molecule has 1 aliphatic heterocycles. The van der Waals surface area contributed by atoms with Crippen molar-refractivity contribution in [1.82, 2.24) is 20.2 Å². The van der Waals surface area contributed by atoms with Crippen molar-refractivity contribution >= 4 is 0 Å². The molecule has 6 heteroatoms. The molecule has 2 atom stereocenters. The Labute approximate surface area is 82.4 Å². The molecule has 2 unspecified atom stereocenters. The summed E-state index contributed by atoms with van der Waals surface area (Å²) in [7, 11) is 1.74. The van der Waals surface area contributed by atoms with Crippen LogP contribution in [0.1, 0.15) is 19.2 Å². The van der Waals surface area contributed by atoms with Crippen LogP contribution in [0.4, 0.5) is 0 Å². The molecule has 0 radical (unpaired) electrons. The first-order chi connectivity index (χ1) is 6.60. The topological polar surface area (TPSA) is 78.9 Å². The molecule has 1 aliphatic rings. The van der Waals surface area contributed by atoms with E-state index in [1.807, 2.05) is 6.92 Å². The van der Waals surface area contributed by atoms with E-state index >= 15 is 0 Å². The standard InChI is InChI=1S/C8H15N5O/c1-6-8(9,3-4-14-6)5-7-10-12-13(2)11-7/h6H,3-5,9H2,1-2H3. The summed E-state index contributed by atoms with van der Waals surface area (Å²) in [5.74, 6) is 0.687. The number of tetrazole rings is 1. The van der Waals surface area contributed by atoms with E-state index in [0.29, 0.717) is 12.2 Å². The van der Waals surface area contributed by atoms with Crippen molar-refractivity contribution in [2.24, 2.45) is 12.8 Å².